The molecule has 12 heteroatoms. The summed E-state index contributed by atoms with van der Waals surface area (Å²) in [5.41, 5.74) is 2.43. The molecule has 4 rings (SSSR count). The lowest BCUT2D eigenvalue weighted by molar-refractivity contribution is -0.256. The van der Waals surface area contributed by atoms with Gasteiger partial charge in [-0.1, -0.05) is 30.1 Å². The predicted octanol–water partition coefficient (Wildman–Crippen LogP) is 4.51. The van der Waals surface area contributed by atoms with Crippen molar-refractivity contribution < 1.29 is 49.0 Å². The van der Waals surface area contributed by atoms with E-state index in [9.17, 15) is 25.2 Å². The number of aromatic hydroxyl groups is 1. The Morgan fingerprint density at radius 1 is 1.08 bits per heavy atom. The second-order valence-corrected chi connectivity index (χ2v) is 12.4. The Labute approximate surface area is 283 Å². The first-order chi connectivity index (χ1) is 23.4. The molecule has 1 heterocycles. The van der Waals surface area contributed by atoms with Crippen LogP contribution in [0.4, 0.5) is 4.79 Å². The van der Waals surface area contributed by atoms with Gasteiger partial charge in [-0.05, 0) is 75.1 Å². The molecule has 1 aromatic carbocycles. The van der Waals surface area contributed by atoms with E-state index in [2.05, 4.69) is 17.8 Å². The van der Waals surface area contributed by atoms with E-state index in [1.54, 1.807) is 36.1 Å². The second kappa shape index (κ2) is 18.6. The van der Waals surface area contributed by atoms with Crippen molar-refractivity contribution in [2.75, 3.05) is 59.4 Å². The number of allylic oxidation sites excluding steroid dienone is 1. The Hall–Kier alpha value is -3.16. The summed E-state index contributed by atoms with van der Waals surface area (Å²) in [4.78, 5) is 21.1. The van der Waals surface area contributed by atoms with E-state index >= 15 is 0 Å². The number of hydrogen-bond donors (Lipinski definition) is 4. The van der Waals surface area contributed by atoms with Crippen LogP contribution in [-0.4, -0.2) is 108 Å². The number of aliphatic hydroxyl groups excluding tert-OH is 3. The number of phenolic OH excluding ortho intramolecular Hbond substituents is 1. The fraction of sp³-hybridized carbons (Fsp3) is 0.667. The van der Waals surface area contributed by atoms with Crippen LogP contribution in [0.3, 0.4) is 0 Å². The fourth-order valence-corrected chi connectivity index (χ4v) is 7.71. The quantitative estimate of drug-likeness (QED) is 0.0881. The number of hydrogen-bond acceptors (Lipinski definition) is 11. The van der Waals surface area contributed by atoms with E-state index in [0.29, 0.717) is 30.9 Å². The highest BCUT2D eigenvalue weighted by Crippen LogP contribution is 2.61. The molecule has 1 aromatic rings. The minimum absolute atomic E-state index is 0.0520. The minimum atomic E-state index is -1.42. The van der Waals surface area contributed by atoms with E-state index in [4.69, 9.17) is 23.8 Å². The highest BCUT2D eigenvalue weighted by atomic mass is 16.7. The molecule has 0 aromatic heterocycles. The molecule has 6 atom stereocenters. The van der Waals surface area contributed by atoms with Gasteiger partial charge in [-0.15, -0.1) is 6.58 Å². The summed E-state index contributed by atoms with van der Waals surface area (Å²) in [7, 11) is 0. The van der Waals surface area contributed by atoms with Crippen LogP contribution < -0.4 is 4.74 Å². The Morgan fingerprint density at radius 2 is 1.85 bits per heavy atom. The van der Waals surface area contributed by atoms with Gasteiger partial charge < -0.3 is 44.2 Å². The number of nitrogens with zero attached hydrogens (tertiary/aromatic N) is 2. The summed E-state index contributed by atoms with van der Waals surface area (Å²) in [5, 5.41) is 44.1. The minimum Gasteiger partial charge on any atom is -0.508 e. The first-order valence-electron chi connectivity index (χ1n) is 17.4. The van der Waals surface area contributed by atoms with E-state index in [-0.39, 0.29) is 82.7 Å². The molecule has 268 valence electrons. The monoisotopic (exact) mass is 674 g/mol. The maximum absolute atomic E-state index is 13.8. The summed E-state index contributed by atoms with van der Waals surface area (Å²) >= 11 is 0. The van der Waals surface area contributed by atoms with Gasteiger partial charge in [0.2, 0.25) is 5.79 Å². The van der Waals surface area contributed by atoms with Gasteiger partial charge >= 0.3 is 6.09 Å². The number of ether oxygens (including phenoxy) is 4. The van der Waals surface area contributed by atoms with Gasteiger partial charge in [-0.3, -0.25) is 4.90 Å². The Morgan fingerprint density at radius 3 is 2.54 bits per heavy atom. The van der Waals surface area contributed by atoms with Crippen molar-refractivity contribution in [3.63, 3.8) is 0 Å². The van der Waals surface area contributed by atoms with Crippen LogP contribution in [0.1, 0.15) is 70.3 Å². The number of benzene rings is 1. The van der Waals surface area contributed by atoms with Gasteiger partial charge in [0.15, 0.2) is 0 Å². The summed E-state index contributed by atoms with van der Waals surface area (Å²) in [6.45, 7) is 8.61. The number of aliphatic hydroxyl groups is 3. The molecular formula is C36H54N2O10. The third kappa shape index (κ3) is 8.34. The zero-order valence-electron chi connectivity index (χ0n) is 28.4. The maximum atomic E-state index is 13.8. The highest BCUT2D eigenvalue weighted by Gasteiger charge is 2.65. The Bertz CT molecular complexity index is 1260. The summed E-state index contributed by atoms with van der Waals surface area (Å²) in [6, 6.07) is 4.36. The van der Waals surface area contributed by atoms with Crippen molar-refractivity contribution in [3.05, 3.63) is 48.1 Å². The lowest BCUT2D eigenvalue weighted by Gasteiger charge is -2.59. The van der Waals surface area contributed by atoms with Crippen molar-refractivity contribution in [2.45, 2.75) is 76.5 Å². The molecule has 0 radical (unpaired) electrons. The number of fused-ring (bicyclic) bond motifs is 2. The van der Waals surface area contributed by atoms with Crippen LogP contribution >= 0.6 is 0 Å². The molecule has 0 bridgehead atoms. The van der Waals surface area contributed by atoms with Crippen LogP contribution in [0.2, 0.25) is 0 Å². The number of unbranched alkanes of at least 4 members (excludes halogenated alkanes) is 2. The summed E-state index contributed by atoms with van der Waals surface area (Å²) in [5.74, 6) is -1.32. The number of carbonyl (C=O) groups excluding carboxylic acids is 1. The smallest absolute Gasteiger partial charge is 0.410 e. The van der Waals surface area contributed by atoms with Gasteiger partial charge in [0, 0.05) is 37.7 Å². The first-order valence-corrected chi connectivity index (χ1v) is 17.4. The van der Waals surface area contributed by atoms with Crippen LogP contribution in [0, 0.1) is 17.8 Å². The highest BCUT2D eigenvalue weighted by molar-refractivity contribution is 6.02. The molecule has 3 aliphatic rings. The van der Waals surface area contributed by atoms with Crippen LogP contribution in [0.25, 0.3) is 0 Å². The Balaban J connectivity index is 1.99. The largest absolute Gasteiger partial charge is 0.508 e. The average Bonchev–Trinajstić information content (AvgIpc) is 3.08. The standard InChI is InChI=1S/C36H54N2O10/c1-4-19-46-36-32(38(35(43)45-5-2)15-20-44-21-18-41)24-30(37-47-6-3)28-22-25(11-7-9-16-39)27(12-8-10-17-40)33(34(28)36)29-23-26(42)13-14-31(29)48-36/h4,13-14,22-23,25,27,32-34,39-42H,1,5-12,15-21,24H2,2-3H3. The average molecular weight is 675 g/mol. The van der Waals surface area contributed by atoms with Crippen LogP contribution in [-0.2, 0) is 19.0 Å². The van der Waals surface area contributed by atoms with Crippen molar-refractivity contribution in [1.29, 1.82) is 0 Å². The molecule has 12 nitrogen and oxygen atoms in total. The molecule has 1 amide bonds. The number of rotatable bonds is 20. The van der Waals surface area contributed by atoms with Gasteiger partial charge in [0.05, 0.1) is 44.7 Å². The zero-order chi connectivity index (χ0) is 34.5. The van der Waals surface area contributed by atoms with Crippen molar-refractivity contribution in [3.8, 4) is 11.5 Å². The van der Waals surface area contributed by atoms with E-state index < -0.39 is 23.8 Å². The van der Waals surface area contributed by atoms with Crippen LogP contribution in [0.15, 0.2) is 47.7 Å². The molecule has 0 saturated heterocycles. The van der Waals surface area contributed by atoms with E-state index in [1.807, 2.05) is 6.92 Å². The van der Waals surface area contributed by atoms with Gasteiger partial charge in [-0.25, -0.2) is 4.79 Å². The van der Waals surface area contributed by atoms with Gasteiger partial charge in [0.1, 0.15) is 24.1 Å². The van der Waals surface area contributed by atoms with Crippen molar-refractivity contribution in [2.24, 2.45) is 22.9 Å². The topological polar surface area (TPSA) is 160 Å². The Kier molecular flexibility index (Phi) is 14.6. The predicted molar refractivity (Wildman–Crippen MR) is 180 cm³/mol. The number of amides is 1. The number of carbonyl (C=O) groups is 1. The molecule has 1 fully saturated rings. The summed E-state index contributed by atoms with van der Waals surface area (Å²) < 4.78 is 25.0. The lowest BCUT2D eigenvalue weighted by atomic mass is 9.55. The third-order valence-corrected chi connectivity index (χ3v) is 9.55. The maximum Gasteiger partial charge on any atom is 0.410 e. The second-order valence-electron chi connectivity index (χ2n) is 12.4. The molecule has 4 N–H and O–H groups in total. The van der Waals surface area contributed by atoms with Crippen LogP contribution in [0.5, 0.6) is 11.5 Å². The summed E-state index contributed by atoms with van der Waals surface area (Å²) in [6.07, 6.45) is 8.16. The molecule has 2 aliphatic carbocycles. The molecule has 0 spiro atoms. The molecule has 1 aliphatic heterocycles. The van der Waals surface area contributed by atoms with Gasteiger partial charge in [0.25, 0.3) is 0 Å². The van der Waals surface area contributed by atoms with Crippen molar-refractivity contribution >= 4 is 11.8 Å². The zero-order valence-corrected chi connectivity index (χ0v) is 28.4. The number of oxime groups is 1. The van der Waals surface area contributed by atoms with E-state index in [1.165, 1.54) is 0 Å². The normalized spacial score (nSPS) is 26.6. The van der Waals surface area contributed by atoms with Crippen molar-refractivity contribution in [1.82, 2.24) is 4.90 Å². The SMILES string of the molecule is C=CCOC12Oc3ccc(O)cc3C3C(CCCCO)C(CCCCO)C=C(C(=NOCC)CC1N(CCOCCO)C(=O)OCC)C32. The van der Waals surface area contributed by atoms with E-state index in [0.717, 1.165) is 36.8 Å². The van der Waals surface area contributed by atoms with Gasteiger partial charge in [-0.2, -0.15) is 0 Å². The molecular weight excluding hydrogens is 620 g/mol. The molecule has 1 saturated carbocycles. The number of phenols is 1. The lowest BCUT2D eigenvalue weighted by Crippen LogP contribution is -2.70. The fourth-order valence-electron chi connectivity index (χ4n) is 7.71. The first kappa shape index (κ1) is 37.7. The third-order valence-electron chi connectivity index (χ3n) is 9.55. The molecule has 48 heavy (non-hydrogen) atoms. The molecule has 6 unspecified atom stereocenters.